The molecule has 2 aromatic rings. The highest BCUT2D eigenvalue weighted by molar-refractivity contribution is 6.33. The van der Waals surface area contributed by atoms with Gasteiger partial charge in [-0.25, -0.2) is 0 Å². The number of anilines is 1. The van der Waals surface area contributed by atoms with Gasteiger partial charge in [0.25, 0.3) is 5.91 Å². The maximum Gasteiger partial charge on any atom is 0.255 e. The predicted molar refractivity (Wildman–Crippen MR) is 99.9 cm³/mol. The van der Waals surface area contributed by atoms with Crippen molar-refractivity contribution in [3.8, 4) is 0 Å². The highest BCUT2D eigenvalue weighted by Gasteiger charge is 2.28. The molecule has 0 radical (unpaired) electrons. The summed E-state index contributed by atoms with van der Waals surface area (Å²) in [5, 5.41) is 3.44. The monoisotopic (exact) mass is 356 g/mol. The van der Waals surface area contributed by atoms with E-state index in [1.54, 1.807) is 29.2 Å². The number of benzene rings is 2. The molecule has 0 spiro atoms. The molecule has 1 aliphatic rings. The lowest BCUT2D eigenvalue weighted by Gasteiger charge is -2.31. The minimum absolute atomic E-state index is 0.0236. The largest absolute Gasteiger partial charge is 0.339 e. The van der Waals surface area contributed by atoms with E-state index in [0.29, 0.717) is 36.5 Å². The van der Waals surface area contributed by atoms with Crippen molar-refractivity contribution in [3.63, 3.8) is 0 Å². The fraction of sp³-hybridized carbons (Fsp3) is 0.300. The fourth-order valence-corrected chi connectivity index (χ4v) is 3.33. The third-order valence-corrected chi connectivity index (χ3v) is 4.87. The lowest BCUT2D eigenvalue weighted by atomic mass is 9.95. The summed E-state index contributed by atoms with van der Waals surface area (Å²) in [5.74, 6) is -0.116. The zero-order valence-corrected chi connectivity index (χ0v) is 14.9. The normalized spacial score (nSPS) is 15.0. The molecule has 1 N–H and O–H groups in total. The number of halogens is 1. The van der Waals surface area contributed by atoms with Crippen molar-refractivity contribution in [3.05, 3.63) is 64.7 Å². The third-order valence-electron chi connectivity index (χ3n) is 4.54. The van der Waals surface area contributed by atoms with E-state index in [1.165, 1.54) is 0 Å². The van der Waals surface area contributed by atoms with E-state index in [0.717, 1.165) is 11.3 Å². The van der Waals surface area contributed by atoms with Gasteiger partial charge in [0.2, 0.25) is 5.91 Å². The number of carbonyl (C=O) groups is 2. The van der Waals surface area contributed by atoms with E-state index >= 15 is 0 Å². The lowest BCUT2D eigenvalue weighted by Crippen LogP contribution is -2.41. The van der Waals surface area contributed by atoms with Crippen molar-refractivity contribution in [2.45, 2.75) is 19.8 Å². The van der Waals surface area contributed by atoms with E-state index in [-0.39, 0.29) is 17.7 Å². The Labute approximate surface area is 152 Å². The van der Waals surface area contributed by atoms with Gasteiger partial charge in [0, 0.05) is 24.7 Å². The van der Waals surface area contributed by atoms with Gasteiger partial charge in [0.05, 0.1) is 10.6 Å². The first kappa shape index (κ1) is 17.5. The van der Waals surface area contributed by atoms with Crippen LogP contribution in [0.25, 0.3) is 0 Å². The van der Waals surface area contributed by atoms with E-state index in [2.05, 4.69) is 5.32 Å². The van der Waals surface area contributed by atoms with Crippen LogP contribution in [0.1, 0.15) is 28.8 Å². The number of amides is 2. The average molecular weight is 357 g/mol. The van der Waals surface area contributed by atoms with Crippen molar-refractivity contribution in [1.82, 2.24) is 4.90 Å². The molecule has 0 aliphatic carbocycles. The minimum atomic E-state index is -0.0733. The Morgan fingerprint density at radius 1 is 1.08 bits per heavy atom. The molecule has 2 amide bonds. The Hall–Kier alpha value is -2.33. The Kier molecular flexibility index (Phi) is 5.39. The second kappa shape index (κ2) is 7.70. The van der Waals surface area contributed by atoms with Gasteiger partial charge in [-0.2, -0.15) is 0 Å². The summed E-state index contributed by atoms with van der Waals surface area (Å²) in [6, 6.07) is 14.8. The van der Waals surface area contributed by atoms with Crippen LogP contribution in [0.15, 0.2) is 48.5 Å². The van der Waals surface area contributed by atoms with Gasteiger partial charge in [0.1, 0.15) is 0 Å². The molecule has 25 heavy (non-hydrogen) atoms. The number of rotatable bonds is 3. The Morgan fingerprint density at radius 3 is 2.48 bits per heavy atom. The van der Waals surface area contributed by atoms with E-state index in [9.17, 15) is 9.59 Å². The molecule has 5 heteroatoms. The number of hydrogen-bond donors (Lipinski definition) is 1. The van der Waals surface area contributed by atoms with Crippen molar-refractivity contribution in [1.29, 1.82) is 0 Å². The van der Waals surface area contributed by atoms with Crippen molar-refractivity contribution < 1.29 is 9.59 Å². The maximum atomic E-state index is 12.6. The Balaban J connectivity index is 1.57. The van der Waals surface area contributed by atoms with E-state index in [1.807, 2.05) is 31.2 Å². The average Bonchev–Trinajstić information content (AvgIpc) is 2.62. The number of carbonyl (C=O) groups excluding carboxylic acids is 2. The minimum Gasteiger partial charge on any atom is -0.339 e. The molecule has 130 valence electrons. The Bertz CT molecular complexity index is 783. The molecule has 0 saturated carbocycles. The summed E-state index contributed by atoms with van der Waals surface area (Å²) < 4.78 is 0. The van der Waals surface area contributed by atoms with E-state index < -0.39 is 0 Å². The second-order valence-corrected chi connectivity index (χ2v) is 6.81. The molecule has 3 rings (SSSR count). The van der Waals surface area contributed by atoms with Crippen LogP contribution in [-0.4, -0.2) is 29.8 Å². The summed E-state index contributed by atoms with van der Waals surface area (Å²) in [5.41, 5.74) is 2.45. The molecule has 1 fully saturated rings. The van der Waals surface area contributed by atoms with Gasteiger partial charge in [-0.05, 0) is 49.6 Å². The zero-order valence-electron chi connectivity index (χ0n) is 14.2. The number of nitrogens with one attached hydrogen (secondary N) is 1. The SMILES string of the molecule is Cc1cccc(NC(=O)C2CCN(C(=O)c3ccccc3Cl)CC2)c1. The number of aryl methyl sites for hydroxylation is 1. The fourth-order valence-electron chi connectivity index (χ4n) is 3.12. The highest BCUT2D eigenvalue weighted by atomic mass is 35.5. The molecule has 4 nitrogen and oxygen atoms in total. The Morgan fingerprint density at radius 2 is 1.80 bits per heavy atom. The summed E-state index contributed by atoms with van der Waals surface area (Å²) in [4.78, 5) is 26.8. The van der Waals surface area contributed by atoms with Crippen LogP contribution in [0.3, 0.4) is 0 Å². The number of nitrogens with zero attached hydrogens (tertiary/aromatic N) is 1. The smallest absolute Gasteiger partial charge is 0.255 e. The first-order chi connectivity index (χ1) is 12.0. The van der Waals surface area contributed by atoms with Gasteiger partial charge in [-0.3, -0.25) is 9.59 Å². The molecule has 2 aromatic carbocycles. The van der Waals surface area contributed by atoms with Crippen LogP contribution in [0.4, 0.5) is 5.69 Å². The number of hydrogen-bond acceptors (Lipinski definition) is 2. The van der Waals surface area contributed by atoms with Crippen LogP contribution < -0.4 is 5.32 Å². The maximum absolute atomic E-state index is 12.6. The third kappa shape index (κ3) is 4.20. The van der Waals surface area contributed by atoms with Gasteiger partial charge < -0.3 is 10.2 Å². The molecule has 0 aromatic heterocycles. The lowest BCUT2D eigenvalue weighted by molar-refractivity contribution is -0.121. The molecular weight excluding hydrogens is 336 g/mol. The molecule has 1 heterocycles. The molecule has 1 aliphatic heterocycles. The zero-order chi connectivity index (χ0) is 17.8. The molecule has 0 atom stereocenters. The van der Waals surface area contributed by atoms with Crippen LogP contribution >= 0.6 is 11.6 Å². The van der Waals surface area contributed by atoms with Gasteiger partial charge in [-0.1, -0.05) is 35.9 Å². The van der Waals surface area contributed by atoms with Crippen molar-refractivity contribution in [2.24, 2.45) is 5.92 Å². The first-order valence-corrected chi connectivity index (χ1v) is 8.84. The summed E-state index contributed by atoms with van der Waals surface area (Å²) in [6.45, 7) is 3.13. The highest BCUT2D eigenvalue weighted by Crippen LogP contribution is 2.23. The van der Waals surface area contributed by atoms with Crippen molar-refractivity contribution in [2.75, 3.05) is 18.4 Å². The second-order valence-electron chi connectivity index (χ2n) is 6.41. The topological polar surface area (TPSA) is 49.4 Å². The predicted octanol–water partition coefficient (Wildman–Crippen LogP) is 4.14. The number of piperidine rings is 1. The standard InChI is InChI=1S/C20H21ClN2O2/c1-14-5-4-6-16(13-14)22-19(24)15-9-11-23(12-10-15)20(25)17-7-2-3-8-18(17)21/h2-8,13,15H,9-12H2,1H3,(H,22,24). The molecule has 0 unspecified atom stereocenters. The van der Waals surface area contributed by atoms with Crippen LogP contribution in [-0.2, 0) is 4.79 Å². The summed E-state index contributed by atoms with van der Waals surface area (Å²) in [7, 11) is 0. The van der Waals surface area contributed by atoms with Crippen LogP contribution in [0, 0.1) is 12.8 Å². The van der Waals surface area contributed by atoms with Gasteiger partial charge >= 0.3 is 0 Å². The number of likely N-dealkylation sites (tertiary alicyclic amines) is 1. The van der Waals surface area contributed by atoms with Crippen LogP contribution in [0.2, 0.25) is 5.02 Å². The van der Waals surface area contributed by atoms with Crippen LogP contribution in [0.5, 0.6) is 0 Å². The quantitative estimate of drug-likeness (QED) is 0.898. The van der Waals surface area contributed by atoms with Gasteiger partial charge in [-0.15, -0.1) is 0 Å². The summed E-state index contributed by atoms with van der Waals surface area (Å²) >= 11 is 6.11. The van der Waals surface area contributed by atoms with Crippen molar-refractivity contribution >= 4 is 29.1 Å². The first-order valence-electron chi connectivity index (χ1n) is 8.46. The van der Waals surface area contributed by atoms with E-state index in [4.69, 9.17) is 11.6 Å². The molecule has 0 bridgehead atoms. The van der Waals surface area contributed by atoms with Gasteiger partial charge in [0.15, 0.2) is 0 Å². The molecule has 1 saturated heterocycles. The molecular formula is C20H21ClN2O2. The summed E-state index contributed by atoms with van der Waals surface area (Å²) in [6.07, 6.45) is 1.32.